The van der Waals surface area contributed by atoms with E-state index in [0.717, 1.165) is 4.90 Å². The average Bonchev–Trinajstić information content (AvgIpc) is 2.61. The molecule has 0 radical (unpaired) electrons. The lowest BCUT2D eigenvalue weighted by molar-refractivity contribution is -0.118. The van der Waals surface area contributed by atoms with Crippen LogP contribution in [-0.4, -0.2) is 30.1 Å². The van der Waals surface area contributed by atoms with Gasteiger partial charge in [-0.2, -0.15) is 5.10 Å². The van der Waals surface area contributed by atoms with E-state index in [1.54, 1.807) is 18.2 Å². The molecule has 0 aromatic heterocycles. The van der Waals surface area contributed by atoms with Crippen molar-refractivity contribution in [1.29, 1.82) is 0 Å². The van der Waals surface area contributed by atoms with E-state index in [1.165, 1.54) is 25.1 Å². The summed E-state index contributed by atoms with van der Waals surface area (Å²) in [6.45, 7) is 0. The standard InChI is InChI=1S/C16H13Br2ClN2O3S/c1-24-12-6-9(14(17)15(18)16(12)23)7-20-21-13(22)8-25-11-4-2-10(19)3-5-11/h2-7,23H,8H2,1H3,(H,21,22)/b20-7-. The maximum Gasteiger partial charge on any atom is 0.250 e. The van der Waals surface area contributed by atoms with Crippen LogP contribution < -0.4 is 10.2 Å². The van der Waals surface area contributed by atoms with Gasteiger partial charge in [-0.25, -0.2) is 5.43 Å². The van der Waals surface area contributed by atoms with Crippen molar-refractivity contribution in [2.45, 2.75) is 4.90 Å². The monoisotopic (exact) mass is 506 g/mol. The van der Waals surface area contributed by atoms with Gasteiger partial charge >= 0.3 is 0 Å². The number of thioether (sulfide) groups is 1. The number of benzene rings is 2. The molecule has 0 heterocycles. The zero-order valence-corrected chi connectivity index (χ0v) is 17.7. The Balaban J connectivity index is 1.95. The third kappa shape index (κ3) is 5.64. The number of hydrogen-bond acceptors (Lipinski definition) is 5. The van der Waals surface area contributed by atoms with Gasteiger partial charge in [0.05, 0.1) is 23.5 Å². The molecular weight excluding hydrogens is 496 g/mol. The van der Waals surface area contributed by atoms with Crippen molar-refractivity contribution >= 4 is 67.3 Å². The van der Waals surface area contributed by atoms with Gasteiger partial charge in [0.1, 0.15) is 0 Å². The van der Waals surface area contributed by atoms with Crippen molar-refractivity contribution in [3.63, 3.8) is 0 Å². The molecule has 0 fully saturated rings. The normalized spacial score (nSPS) is 10.9. The summed E-state index contributed by atoms with van der Waals surface area (Å²) in [5.74, 6) is 0.260. The van der Waals surface area contributed by atoms with E-state index in [2.05, 4.69) is 42.4 Å². The summed E-state index contributed by atoms with van der Waals surface area (Å²) >= 11 is 13.8. The molecule has 2 N–H and O–H groups in total. The van der Waals surface area contributed by atoms with E-state index in [9.17, 15) is 9.90 Å². The maximum absolute atomic E-state index is 11.8. The van der Waals surface area contributed by atoms with Gasteiger partial charge in [-0.3, -0.25) is 4.79 Å². The second-order valence-corrected chi connectivity index (χ2v) is 7.75. The number of hydrogen-bond donors (Lipinski definition) is 2. The molecule has 0 unspecified atom stereocenters. The molecule has 0 bridgehead atoms. The molecule has 9 heteroatoms. The van der Waals surface area contributed by atoms with E-state index >= 15 is 0 Å². The minimum Gasteiger partial charge on any atom is -0.503 e. The quantitative estimate of drug-likeness (QED) is 0.333. The zero-order valence-electron chi connectivity index (χ0n) is 12.9. The van der Waals surface area contributed by atoms with Gasteiger partial charge in [0.15, 0.2) is 11.5 Å². The summed E-state index contributed by atoms with van der Waals surface area (Å²) in [6, 6.07) is 8.84. The molecule has 0 aliphatic rings. The van der Waals surface area contributed by atoms with Gasteiger partial charge in [0.25, 0.3) is 0 Å². The number of nitrogens with one attached hydrogen (secondary N) is 1. The third-order valence-electron chi connectivity index (χ3n) is 2.97. The highest BCUT2D eigenvalue weighted by atomic mass is 79.9. The van der Waals surface area contributed by atoms with Crippen LogP contribution in [-0.2, 0) is 4.79 Å². The molecule has 0 saturated heterocycles. The van der Waals surface area contributed by atoms with E-state index < -0.39 is 0 Å². The number of ether oxygens (including phenoxy) is 1. The Bertz CT molecular complexity index is 801. The SMILES string of the molecule is COc1cc(/C=N\NC(=O)CSc2ccc(Cl)cc2)c(Br)c(Br)c1O. The van der Waals surface area contributed by atoms with Crippen LogP contribution in [0.4, 0.5) is 0 Å². The summed E-state index contributed by atoms with van der Waals surface area (Å²) in [4.78, 5) is 12.8. The Hall–Kier alpha value is -1.22. The van der Waals surface area contributed by atoms with E-state index in [1.807, 2.05) is 12.1 Å². The van der Waals surface area contributed by atoms with Crippen molar-refractivity contribution in [2.75, 3.05) is 12.9 Å². The Labute approximate surface area is 171 Å². The number of phenols is 1. The van der Waals surface area contributed by atoms with Gasteiger partial charge in [-0.05, 0) is 62.2 Å². The summed E-state index contributed by atoms with van der Waals surface area (Å²) in [6.07, 6.45) is 1.46. The van der Waals surface area contributed by atoms with Crippen LogP contribution in [0.15, 0.2) is 49.3 Å². The third-order valence-corrected chi connectivity index (χ3v) is 6.39. The largest absolute Gasteiger partial charge is 0.503 e. The van der Waals surface area contributed by atoms with Crippen LogP contribution in [0.25, 0.3) is 0 Å². The zero-order chi connectivity index (χ0) is 18.4. The summed E-state index contributed by atoms with van der Waals surface area (Å²) in [7, 11) is 1.45. The first-order valence-electron chi connectivity index (χ1n) is 6.87. The molecule has 0 atom stereocenters. The van der Waals surface area contributed by atoms with Crippen molar-refractivity contribution in [1.82, 2.24) is 5.43 Å². The summed E-state index contributed by atoms with van der Waals surface area (Å²) in [5.41, 5.74) is 3.09. The van der Waals surface area contributed by atoms with Gasteiger partial charge < -0.3 is 9.84 Å². The molecule has 2 aromatic rings. The second-order valence-electron chi connectivity index (χ2n) is 4.68. The van der Waals surface area contributed by atoms with Crippen molar-refractivity contribution in [2.24, 2.45) is 5.10 Å². The van der Waals surface area contributed by atoms with E-state index in [-0.39, 0.29) is 17.4 Å². The van der Waals surface area contributed by atoms with Crippen LogP contribution >= 0.6 is 55.2 Å². The smallest absolute Gasteiger partial charge is 0.250 e. The molecule has 1 amide bonds. The first-order valence-corrected chi connectivity index (χ1v) is 9.82. The van der Waals surface area contributed by atoms with Crippen molar-refractivity contribution < 1.29 is 14.6 Å². The van der Waals surface area contributed by atoms with Gasteiger partial charge in [0, 0.05) is 20.0 Å². The fourth-order valence-corrected chi connectivity index (χ4v) is 3.39. The number of halogens is 3. The van der Waals surface area contributed by atoms with Gasteiger partial charge in [-0.1, -0.05) is 11.6 Å². The first kappa shape index (κ1) is 20.1. The highest BCUT2D eigenvalue weighted by Gasteiger charge is 2.13. The Morgan fingerprint density at radius 2 is 2.04 bits per heavy atom. The van der Waals surface area contributed by atoms with E-state index in [4.69, 9.17) is 16.3 Å². The molecule has 0 saturated carbocycles. The van der Waals surface area contributed by atoms with Crippen LogP contribution in [0.2, 0.25) is 5.02 Å². The van der Waals surface area contributed by atoms with Crippen LogP contribution in [0.3, 0.4) is 0 Å². The van der Waals surface area contributed by atoms with Crippen LogP contribution in [0.1, 0.15) is 5.56 Å². The Morgan fingerprint density at radius 3 is 2.68 bits per heavy atom. The maximum atomic E-state index is 11.8. The number of nitrogens with zero attached hydrogens (tertiary/aromatic N) is 1. The molecule has 132 valence electrons. The van der Waals surface area contributed by atoms with Crippen LogP contribution in [0, 0.1) is 0 Å². The summed E-state index contributed by atoms with van der Waals surface area (Å²) in [5, 5.41) is 14.5. The predicted molar refractivity (Wildman–Crippen MR) is 108 cm³/mol. The summed E-state index contributed by atoms with van der Waals surface area (Å²) < 4.78 is 6.12. The fourth-order valence-electron chi connectivity index (χ4n) is 1.75. The number of hydrazone groups is 1. The van der Waals surface area contributed by atoms with Crippen molar-refractivity contribution in [3.05, 3.63) is 49.9 Å². The fraction of sp³-hybridized carbons (Fsp3) is 0.125. The number of aromatic hydroxyl groups is 1. The molecule has 5 nitrogen and oxygen atoms in total. The lowest BCUT2D eigenvalue weighted by Gasteiger charge is -2.09. The number of amides is 1. The number of rotatable bonds is 6. The van der Waals surface area contributed by atoms with E-state index in [0.29, 0.717) is 25.3 Å². The molecule has 2 aromatic carbocycles. The number of carbonyl (C=O) groups is 1. The lowest BCUT2D eigenvalue weighted by atomic mass is 10.2. The predicted octanol–water partition coefficient (Wildman–Crippen LogP) is 4.82. The second kappa shape index (κ2) is 9.47. The molecule has 25 heavy (non-hydrogen) atoms. The molecule has 0 aliphatic heterocycles. The minimum absolute atomic E-state index is 0.0186. The number of phenolic OH excluding ortho intramolecular Hbond substituents is 1. The van der Waals surface area contributed by atoms with Crippen LogP contribution in [0.5, 0.6) is 11.5 Å². The topological polar surface area (TPSA) is 70.9 Å². The van der Waals surface area contributed by atoms with Crippen molar-refractivity contribution in [3.8, 4) is 11.5 Å². The molecule has 0 spiro atoms. The Morgan fingerprint density at radius 1 is 1.36 bits per heavy atom. The molecule has 2 rings (SSSR count). The number of methoxy groups -OCH3 is 1. The molecule has 0 aliphatic carbocycles. The highest BCUT2D eigenvalue weighted by Crippen LogP contribution is 2.41. The highest BCUT2D eigenvalue weighted by molar-refractivity contribution is 9.13. The number of carbonyl (C=O) groups excluding carboxylic acids is 1. The molecular formula is C16H13Br2ClN2O3S. The lowest BCUT2D eigenvalue weighted by Crippen LogP contribution is -2.19. The minimum atomic E-state index is -0.239. The van der Waals surface area contributed by atoms with Gasteiger partial charge in [0.2, 0.25) is 5.91 Å². The average molecular weight is 509 g/mol. The van der Waals surface area contributed by atoms with Gasteiger partial charge in [-0.15, -0.1) is 11.8 Å². The first-order chi connectivity index (χ1) is 11.9. The Kier molecular flexibility index (Phi) is 7.61.